The highest BCUT2D eigenvalue weighted by molar-refractivity contribution is 7.98. The van der Waals surface area contributed by atoms with Crippen molar-refractivity contribution >= 4 is 23.6 Å². The highest BCUT2D eigenvalue weighted by Crippen LogP contribution is 2.36. The van der Waals surface area contributed by atoms with Gasteiger partial charge in [0, 0.05) is 11.4 Å². The van der Waals surface area contributed by atoms with Gasteiger partial charge in [-0.1, -0.05) is 42.1 Å². The molecule has 1 aliphatic heterocycles. The van der Waals surface area contributed by atoms with Gasteiger partial charge in [0.15, 0.2) is 0 Å². The van der Waals surface area contributed by atoms with Crippen LogP contribution in [0.3, 0.4) is 0 Å². The lowest BCUT2D eigenvalue weighted by Crippen LogP contribution is -2.31. The molecule has 2 aromatic carbocycles. The molecular weight excluding hydrogens is 393 g/mol. The molecule has 1 aromatic heterocycles. The first kappa shape index (κ1) is 19.0. The molecule has 1 amide bonds. The number of anilines is 1. The van der Waals surface area contributed by atoms with Crippen molar-refractivity contribution in [3.05, 3.63) is 76.7 Å². The molecule has 148 valence electrons. The molecule has 0 aliphatic carbocycles. The fourth-order valence-electron chi connectivity index (χ4n) is 3.23. The van der Waals surface area contributed by atoms with E-state index in [1.54, 1.807) is 41.9 Å². The number of nitrogens with two attached hydrogens (primary N) is 1. The van der Waals surface area contributed by atoms with Crippen LogP contribution in [0.4, 0.5) is 10.3 Å². The Labute approximate surface area is 170 Å². The lowest BCUT2D eigenvalue weighted by atomic mass is 9.95. The van der Waals surface area contributed by atoms with Gasteiger partial charge in [-0.25, -0.2) is 9.07 Å². The Balaban J connectivity index is 1.69. The molecule has 4 rings (SSSR count). The summed E-state index contributed by atoms with van der Waals surface area (Å²) in [5.74, 6) is 0.0904. The average molecular weight is 411 g/mol. The van der Waals surface area contributed by atoms with E-state index in [-0.39, 0.29) is 11.6 Å². The summed E-state index contributed by atoms with van der Waals surface area (Å²) >= 11 is 1.29. The number of fused-ring (bicyclic) bond motifs is 1. The van der Waals surface area contributed by atoms with Crippen LogP contribution in [-0.2, 0) is 10.5 Å². The second-order valence-electron chi connectivity index (χ2n) is 6.56. The molecule has 1 unspecified atom stereocenters. The Morgan fingerprint density at radius 2 is 2.00 bits per heavy atom. The van der Waals surface area contributed by atoms with E-state index in [4.69, 9.17) is 5.73 Å². The smallest absolute Gasteiger partial charge is 0.248 e. The topological polar surface area (TPSA) is 106 Å². The number of nitrogens with zero attached hydrogens (tertiary/aromatic N) is 3. The number of hydrogen-bond donors (Lipinski definition) is 3. The number of allylic oxidation sites excluding steroid dienone is 1. The van der Waals surface area contributed by atoms with E-state index < -0.39 is 11.9 Å². The normalized spacial score (nSPS) is 15.7. The number of primary amides is 1. The van der Waals surface area contributed by atoms with Crippen molar-refractivity contribution in [3.63, 3.8) is 0 Å². The molecule has 7 nitrogen and oxygen atoms in total. The summed E-state index contributed by atoms with van der Waals surface area (Å²) in [6.07, 6.45) is 0. The molecule has 1 atom stereocenters. The van der Waals surface area contributed by atoms with Crippen LogP contribution in [0.2, 0.25) is 0 Å². The first-order valence-electron chi connectivity index (χ1n) is 8.83. The molecule has 0 spiro atoms. The lowest BCUT2D eigenvalue weighted by Gasteiger charge is -2.27. The fourth-order valence-corrected chi connectivity index (χ4v) is 4.05. The summed E-state index contributed by atoms with van der Waals surface area (Å²) < 4.78 is 15.5. The Bertz CT molecular complexity index is 1110. The van der Waals surface area contributed by atoms with Crippen LogP contribution < -0.4 is 11.1 Å². The van der Waals surface area contributed by atoms with Crippen molar-refractivity contribution in [2.24, 2.45) is 5.73 Å². The molecule has 29 heavy (non-hydrogen) atoms. The van der Waals surface area contributed by atoms with E-state index in [1.165, 1.54) is 30.0 Å². The number of hydrogen-bond acceptors (Lipinski definition) is 6. The lowest BCUT2D eigenvalue weighted by molar-refractivity contribution is -0.115. The number of carbonyl (C=O) groups excluding carboxylic acids is 1. The molecule has 0 radical (unpaired) electrons. The molecule has 0 saturated heterocycles. The van der Waals surface area contributed by atoms with Gasteiger partial charge < -0.3 is 16.2 Å². The predicted octanol–water partition coefficient (Wildman–Crippen LogP) is 3.19. The second kappa shape index (κ2) is 7.59. The van der Waals surface area contributed by atoms with Crippen LogP contribution in [0, 0.1) is 5.82 Å². The predicted molar refractivity (Wildman–Crippen MR) is 108 cm³/mol. The monoisotopic (exact) mass is 411 g/mol. The number of thioether (sulfide) groups is 1. The Kier molecular flexibility index (Phi) is 4.98. The van der Waals surface area contributed by atoms with Crippen molar-refractivity contribution in [1.82, 2.24) is 14.8 Å². The number of amides is 1. The fraction of sp³-hybridized carbons (Fsp3) is 0.150. The average Bonchev–Trinajstić information content (AvgIpc) is 3.09. The third-order valence-electron chi connectivity index (χ3n) is 4.62. The SMILES string of the molecule is CC1=C(C(N)=O)C(c2ccc(O)cc2)n2nc(SCc3ccccc3F)nc2N1. The maximum absolute atomic E-state index is 13.9. The number of aromatic nitrogens is 3. The Morgan fingerprint density at radius 3 is 2.69 bits per heavy atom. The number of carbonyl (C=O) groups is 1. The molecule has 0 bridgehead atoms. The van der Waals surface area contributed by atoms with Crippen LogP contribution in [-0.4, -0.2) is 25.8 Å². The van der Waals surface area contributed by atoms with Crippen molar-refractivity contribution in [2.45, 2.75) is 23.9 Å². The highest BCUT2D eigenvalue weighted by atomic mass is 32.2. The van der Waals surface area contributed by atoms with Crippen LogP contribution >= 0.6 is 11.8 Å². The van der Waals surface area contributed by atoms with Crippen LogP contribution in [0.1, 0.15) is 24.1 Å². The molecule has 1 aliphatic rings. The van der Waals surface area contributed by atoms with Crippen molar-refractivity contribution in [2.75, 3.05) is 5.32 Å². The van der Waals surface area contributed by atoms with Crippen LogP contribution in [0.15, 0.2) is 65.0 Å². The summed E-state index contributed by atoms with van der Waals surface area (Å²) in [6, 6.07) is 12.5. The summed E-state index contributed by atoms with van der Waals surface area (Å²) in [5.41, 5.74) is 7.87. The third kappa shape index (κ3) is 3.68. The number of rotatable bonds is 5. The van der Waals surface area contributed by atoms with E-state index in [2.05, 4.69) is 15.4 Å². The van der Waals surface area contributed by atoms with Gasteiger partial charge in [-0.05, 0) is 36.2 Å². The van der Waals surface area contributed by atoms with Gasteiger partial charge in [-0.2, -0.15) is 4.98 Å². The second-order valence-corrected chi connectivity index (χ2v) is 7.51. The first-order chi connectivity index (χ1) is 13.9. The molecule has 4 N–H and O–H groups in total. The Hall–Kier alpha value is -3.33. The van der Waals surface area contributed by atoms with Crippen molar-refractivity contribution in [3.8, 4) is 5.75 Å². The zero-order valence-corrected chi connectivity index (χ0v) is 16.3. The van der Waals surface area contributed by atoms with Gasteiger partial charge in [0.2, 0.25) is 17.0 Å². The maximum atomic E-state index is 13.9. The van der Waals surface area contributed by atoms with Crippen LogP contribution in [0.5, 0.6) is 5.75 Å². The standard InChI is InChI=1S/C20H18FN5O2S/c1-11-16(18(22)28)17(12-6-8-14(27)9-7-12)26-19(23-11)24-20(25-26)29-10-13-4-2-3-5-15(13)21/h2-9,17,27H,10H2,1H3,(H2,22,28)(H,23,24,25). The van der Waals surface area contributed by atoms with Gasteiger partial charge in [0.05, 0.1) is 5.57 Å². The molecule has 3 aromatic rings. The molecule has 0 saturated carbocycles. The van der Waals surface area contributed by atoms with Gasteiger partial charge in [-0.3, -0.25) is 4.79 Å². The number of phenols is 1. The zero-order valence-electron chi connectivity index (χ0n) is 15.5. The molecule has 0 fully saturated rings. The molecule has 9 heteroatoms. The van der Waals surface area contributed by atoms with E-state index in [0.717, 1.165) is 5.56 Å². The minimum absolute atomic E-state index is 0.115. The van der Waals surface area contributed by atoms with Crippen molar-refractivity contribution < 1.29 is 14.3 Å². The van der Waals surface area contributed by atoms with Gasteiger partial charge in [-0.15, -0.1) is 5.10 Å². The summed E-state index contributed by atoms with van der Waals surface area (Å²) in [6.45, 7) is 1.75. The maximum Gasteiger partial charge on any atom is 0.248 e. The number of halogens is 1. The largest absolute Gasteiger partial charge is 0.508 e. The van der Waals surface area contributed by atoms with E-state index >= 15 is 0 Å². The first-order valence-corrected chi connectivity index (χ1v) is 9.82. The minimum atomic E-state index is -0.584. The summed E-state index contributed by atoms with van der Waals surface area (Å²) in [4.78, 5) is 16.6. The summed E-state index contributed by atoms with van der Waals surface area (Å²) in [5, 5.41) is 17.6. The number of nitrogens with one attached hydrogen (secondary N) is 1. The number of aromatic hydroxyl groups is 1. The van der Waals surface area contributed by atoms with Gasteiger partial charge in [0.25, 0.3) is 0 Å². The zero-order chi connectivity index (χ0) is 20.5. The third-order valence-corrected chi connectivity index (χ3v) is 5.51. The summed E-state index contributed by atoms with van der Waals surface area (Å²) in [7, 11) is 0. The molecule has 2 heterocycles. The van der Waals surface area contributed by atoms with E-state index in [0.29, 0.717) is 33.7 Å². The number of phenolic OH excluding ortho intramolecular Hbond substituents is 1. The molecular formula is C20H18FN5O2S. The highest BCUT2D eigenvalue weighted by Gasteiger charge is 2.33. The number of benzene rings is 2. The quantitative estimate of drug-likeness (QED) is 0.557. The Morgan fingerprint density at radius 1 is 1.28 bits per heavy atom. The minimum Gasteiger partial charge on any atom is -0.508 e. The van der Waals surface area contributed by atoms with Gasteiger partial charge in [0.1, 0.15) is 17.6 Å². The van der Waals surface area contributed by atoms with E-state index in [1.807, 2.05) is 0 Å². The van der Waals surface area contributed by atoms with E-state index in [9.17, 15) is 14.3 Å². The van der Waals surface area contributed by atoms with Crippen LogP contribution in [0.25, 0.3) is 0 Å². The van der Waals surface area contributed by atoms with Crippen molar-refractivity contribution in [1.29, 1.82) is 0 Å². The van der Waals surface area contributed by atoms with Gasteiger partial charge >= 0.3 is 0 Å².